The average Bonchev–Trinajstić information content (AvgIpc) is 3.14. The van der Waals surface area contributed by atoms with Gasteiger partial charge in [-0.1, -0.05) is 12.1 Å². The van der Waals surface area contributed by atoms with E-state index < -0.39 is 9.84 Å². The smallest absolute Gasteiger partial charge is 0.222 e. The molecule has 0 N–H and O–H groups in total. The van der Waals surface area contributed by atoms with Crippen molar-refractivity contribution in [1.82, 2.24) is 4.90 Å². The van der Waals surface area contributed by atoms with Crippen molar-refractivity contribution in [2.24, 2.45) is 0 Å². The number of aryl methyl sites for hydroxylation is 1. The molecule has 0 atom stereocenters. The number of benzene rings is 1. The highest BCUT2D eigenvalue weighted by Gasteiger charge is 2.23. The van der Waals surface area contributed by atoms with E-state index in [-0.39, 0.29) is 5.91 Å². The van der Waals surface area contributed by atoms with Gasteiger partial charge in [0.2, 0.25) is 5.91 Å². The van der Waals surface area contributed by atoms with Crippen LogP contribution in [0, 0.1) is 0 Å². The van der Waals surface area contributed by atoms with Gasteiger partial charge in [-0.15, -0.1) is 0 Å². The highest BCUT2D eigenvalue weighted by molar-refractivity contribution is 7.90. The van der Waals surface area contributed by atoms with Gasteiger partial charge in [0.25, 0.3) is 0 Å². The zero-order chi connectivity index (χ0) is 17.9. The molecule has 0 bridgehead atoms. The fourth-order valence-electron chi connectivity index (χ4n) is 3.28. The second-order valence-electron chi connectivity index (χ2n) is 6.63. The van der Waals surface area contributed by atoms with Crippen molar-refractivity contribution < 1.29 is 13.2 Å². The molecule has 4 nitrogen and oxygen atoms in total. The van der Waals surface area contributed by atoms with Crippen molar-refractivity contribution in [3.05, 3.63) is 52.2 Å². The van der Waals surface area contributed by atoms with Crippen molar-refractivity contribution >= 4 is 27.1 Å². The SMILES string of the molecule is CS(=O)(=O)c1ccc(CCC(=O)N2CCC(c3ccsc3)CC2)cc1. The summed E-state index contributed by atoms with van der Waals surface area (Å²) in [6, 6.07) is 9.01. The van der Waals surface area contributed by atoms with Crippen LogP contribution in [0.15, 0.2) is 46.0 Å². The van der Waals surface area contributed by atoms with E-state index in [1.54, 1.807) is 35.6 Å². The first kappa shape index (κ1) is 18.1. The van der Waals surface area contributed by atoms with Crippen LogP contribution in [0.5, 0.6) is 0 Å². The topological polar surface area (TPSA) is 54.5 Å². The van der Waals surface area contributed by atoms with Crippen molar-refractivity contribution in [2.75, 3.05) is 19.3 Å². The van der Waals surface area contributed by atoms with E-state index >= 15 is 0 Å². The third-order valence-corrected chi connectivity index (χ3v) is 6.67. The van der Waals surface area contributed by atoms with Crippen LogP contribution in [0.4, 0.5) is 0 Å². The minimum Gasteiger partial charge on any atom is -0.343 e. The Labute approximate surface area is 153 Å². The first-order valence-electron chi connectivity index (χ1n) is 8.52. The van der Waals surface area contributed by atoms with Crippen LogP contribution in [-0.4, -0.2) is 38.6 Å². The molecule has 0 spiro atoms. The molecule has 0 unspecified atom stereocenters. The molecule has 1 aromatic carbocycles. The Balaban J connectivity index is 1.48. The summed E-state index contributed by atoms with van der Waals surface area (Å²) in [6.45, 7) is 1.65. The molecule has 6 heteroatoms. The number of likely N-dealkylation sites (tertiary alicyclic amines) is 1. The van der Waals surface area contributed by atoms with Crippen LogP contribution in [0.25, 0.3) is 0 Å². The summed E-state index contributed by atoms with van der Waals surface area (Å²) in [4.78, 5) is 14.7. The third kappa shape index (κ3) is 4.70. The van der Waals surface area contributed by atoms with Gasteiger partial charge >= 0.3 is 0 Å². The molecule has 134 valence electrons. The number of nitrogens with zero attached hydrogens (tertiary/aromatic N) is 1. The molecule has 1 amide bonds. The maximum Gasteiger partial charge on any atom is 0.222 e. The van der Waals surface area contributed by atoms with Gasteiger partial charge in [0, 0.05) is 25.8 Å². The van der Waals surface area contributed by atoms with Gasteiger partial charge in [-0.3, -0.25) is 4.79 Å². The Kier molecular flexibility index (Phi) is 5.59. The minimum atomic E-state index is -3.17. The van der Waals surface area contributed by atoms with Gasteiger partial charge in [0.1, 0.15) is 0 Å². The van der Waals surface area contributed by atoms with Crippen LogP contribution in [0.2, 0.25) is 0 Å². The summed E-state index contributed by atoms with van der Waals surface area (Å²) in [7, 11) is -3.17. The molecule has 0 saturated carbocycles. The number of thiophene rings is 1. The Morgan fingerprint density at radius 3 is 2.40 bits per heavy atom. The molecular formula is C19H23NO3S2. The van der Waals surface area contributed by atoms with Gasteiger partial charge in [-0.05, 0) is 65.3 Å². The lowest BCUT2D eigenvalue weighted by atomic mass is 9.91. The summed E-state index contributed by atoms with van der Waals surface area (Å²) in [5.41, 5.74) is 2.40. The van der Waals surface area contributed by atoms with E-state index in [1.165, 1.54) is 11.8 Å². The monoisotopic (exact) mass is 377 g/mol. The highest BCUT2D eigenvalue weighted by Crippen LogP contribution is 2.29. The van der Waals surface area contributed by atoms with E-state index in [0.29, 0.717) is 23.7 Å². The van der Waals surface area contributed by atoms with Crippen LogP contribution in [-0.2, 0) is 21.1 Å². The Hall–Kier alpha value is -1.66. The van der Waals surface area contributed by atoms with Gasteiger partial charge in [-0.25, -0.2) is 8.42 Å². The lowest BCUT2D eigenvalue weighted by Crippen LogP contribution is -2.37. The maximum absolute atomic E-state index is 12.4. The fraction of sp³-hybridized carbons (Fsp3) is 0.421. The molecular weight excluding hydrogens is 354 g/mol. The Morgan fingerprint density at radius 1 is 1.16 bits per heavy atom. The van der Waals surface area contributed by atoms with E-state index in [2.05, 4.69) is 16.8 Å². The molecule has 1 saturated heterocycles. The molecule has 1 fully saturated rings. The summed E-state index contributed by atoms with van der Waals surface area (Å²) < 4.78 is 22.9. The summed E-state index contributed by atoms with van der Waals surface area (Å²) in [6.07, 6.45) is 4.39. The number of carbonyl (C=O) groups excluding carboxylic acids is 1. The molecule has 3 rings (SSSR count). The van der Waals surface area contributed by atoms with Crippen molar-refractivity contribution in [3.63, 3.8) is 0 Å². The second-order valence-corrected chi connectivity index (χ2v) is 9.42. The maximum atomic E-state index is 12.4. The number of hydrogen-bond acceptors (Lipinski definition) is 4. The Bertz CT molecular complexity index is 803. The molecule has 0 radical (unpaired) electrons. The van der Waals surface area contributed by atoms with Gasteiger partial charge in [-0.2, -0.15) is 11.3 Å². The molecule has 1 aromatic heterocycles. The predicted molar refractivity (Wildman–Crippen MR) is 101 cm³/mol. The van der Waals surface area contributed by atoms with Crippen molar-refractivity contribution in [2.45, 2.75) is 36.5 Å². The molecule has 25 heavy (non-hydrogen) atoms. The van der Waals surface area contributed by atoms with E-state index in [9.17, 15) is 13.2 Å². The molecule has 1 aliphatic heterocycles. The van der Waals surface area contributed by atoms with Crippen molar-refractivity contribution in [1.29, 1.82) is 0 Å². The fourth-order valence-corrected chi connectivity index (χ4v) is 4.66. The third-order valence-electron chi connectivity index (χ3n) is 4.84. The standard InChI is InChI=1S/C19H23NO3S2/c1-25(22,23)18-5-2-15(3-6-18)4-7-19(21)20-11-8-16(9-12-20)17-10-13-24-14-17/h2-3,5-6,10,13-14,16H,4,7-9,11-12H2,1H3. The summed E-state index contributed by atoms with van der Waals surface area (Å²) in [5.74, 6) is 0.773. The lowest BCUT2D eigenvalue weighted by Gasteiger charge is -2.32. The highest BCUT2D eigenvalue weighted by atomic mass is 32.2. The normalized spacial score (nSPS) is 16.1. The number of amides is 1. The number of rotatable bonds is 5. The zero-order valence-corrected chi connectivity index (χ0v) is 16.0. The quantitative estimate of drug-likeness (QED) is 0.801. The van der Waals surface area contributed by atoms with Crippen LogP contribution in [0.1, 0.15) is 36.3 Å². The van der Waals surface area contributed by atoms with E-state index in [0.717, 1.165) is 31.5 Å². The molecule has 0 aliphatic carbocycles. The second kappa shape index (κ2) is 7.70. The number of sulfone groups is 1. The van der Waals surface area contributed by atoms with Gasteiger partial charge in [0.15, 0.2) is 9.84 Å². The van der Waals surface area contributed by atoms with E-state index in [1.807, 2.05) is 4.90 Å². The summed E-state index contributed by atoms with van der Waals surface area (Å²) >= 11 is 1.73. The van der Waals surface area contributed by atoms with E-state index in [4.69, 9.17) is 0 Å². The number of carbonyl (C=O) groups is 1. The molecule has 2 heterocycles. The lowest BCUT2D eigenvalue weighted by molar-refractivity contribution is -0.132. The first-order valence-corrected chi connectivity index (χ1v) is 11.4. The minimum absolute atomic E-state index is 0.191. The van der Waals surface area contributed by atoms with Crippen LogP contribution in [0.3, 0.4) is 0 Å². The van der Waals surface area contributed by atoms with Crippen molar-refractivity contribution in [3.8, 4) is 0 Å². The average molecular weight is 378 g/mol. The zero-order valence-electron chi connectivity index (χ0n) is 14.3. The van der Waals surface area contributed by atoms with Crippen LogP contribution >= 0.6 is 11.3 Å². The Morgan fingerprint density at radius 2 is 1.84 bits per heavy atom. The van der Waals surface area contributed by atoms with Crippen LogP contribution < -0.4 is 0 Å². The predicted octanol–water partition coefficient (Wildman–Crippen LogP) is 3.49. The largest absolute Gasteiger partial charge is 0.343 e. The first-order chi connectivity index (χ1) is 11.9. The summed E-state index contributed by atoms with van der Waals surface area (Å²) in [5, 5.41) is 4.32. The molecule has 1 aliphatic rings. The number of piperidine rings is 1. The van der Waals surface area contributed by atoms with Gasteiger partial charge < -0.3 is 4.90 Å². The molecule has 2 aromatic rings. The number of hydrogen-bond donors (Lipinski definition) is 0. The van der Waals surface area contributed by atoms with Gasteiger partial charge in [0.05, 0.1) is 4.90 Å².